The monoisotopic (exact) mass is 483 g/mol. The van der Waals surface area contributed by atoms with Gasteiger partial charge in [0.2, 0.25) is 10.0 Å². The Labute approximate surface area is 204 Å². The van der Waals surface area contributed by atoms with Crippen molar-refractivity contribution in [2.75, 3.05) is 10.6 Å². The van der Waals surface area contributed by atoms with Crippen LogP contribution in [0, 0.1) is 0 Å². The molecule has 184 valence electrons. The molecule has 0 heterocycles. The predicted octanol–water partition coefficient (Wildman–Crippen LogP) is 6.04. The van der Waals surface area contributed by atoms with Gasteiger partial charge in [0.1, 0.15) is 0 Å². The zero-order chi connectivity index (χ0) is 24.2. The van der Waals surface area contributed by atoms with E-state index < -0.39 is 10.0 Å². The normalized spacial score (nSPS) is 16.1. The lowest BCUT2D eigenvalue weighted by atomic mass is 10.00. The van der Waals surface area contributed by atoms with Gasteiger partial charge in [0.25, 0.3) is 5.91 Å². The number of anilines is 1. The van der Waals surface area contributed by atoms with Crippen molar-refractivity contribution in [3.8, 4) is 0 Å². The third kappa shape index (κ3) is 8.60. The number of amides is 1. The number of sulfonamides is 1. The Hall–Kier alpha value is -2.67. The molecule has 0 radical (unpaired) electrons. The molecule has 0 aliphatic heterocycles. The molecule has 7 heteroatoms. The molecule has 1 fully saturated rings. The summed E-state index contributed by atoms with van der Waals surface area (Å²) in [5, 5.41) is 4.45. The van der Waals surface area contributed by atoms with Gasteiger partial charge >= 0.3 is 0 Å². The van der Waals surface area contributed by atoms with E-state index in [9.17, 15) is 13.2 Å². The molecule has 6 nitrogen and oxygen atoms in total. The van der Waals surface area contributed by atoms with Crippen molar-refractivity contribution in [3.05, 3.63) is 65.7 Å². The van der Waals surface area contributed by atoms with Crippen molar-refractivity contribution in [2.24, 2.45) is 5.10 Å². The molecule has 1 aliphatic rings. The summed E-state index contributed by atoms with van der Waals surface area (Å²) in [7, 11) is -3.48. The van der Waals surface area contributed by atoms with Crippen molar-refractivity contribution in [1.82, 2.24) is 5.43 Å². The van der Waals surface area contributed by atoms with Crippen molar-refractivity contribution in [2.45, 2.75) is 77.2 Å². The van der Waals surface area contributed by atoms with Gasteiger partial charge in [-0.25, -0.2) is 13.8 Å². The third-order valence-corrected chi connectivity index (χ3v) is 7.37. The number of hydrazone groups is 1. The fraction of sp³-hybridized carbons (Fsp3) is 0.481. The second-order valence-corrected chi connectivity index (χ2v) is 11.0. The number of nitrogens with zero attached hydrogens (tertiary/aromatic N) is 2. The Morgan fingerprint density at radius 2 is 1.35 bits per heavy atom. The SMILES string of the molecule is CS(=O)(=O)N(Cc1ccccc1)c1ccc(C(=O)NN=C2CCCCCCCCCCC2)cc1. The van der Waals surface area contributed by atoms with E-state index in [-0.39, 0.29) is 12.5 Å². The maximum absolute atomic E-state index is 12.7. The first-order valence-corrected chi connectivity index (χ1v) is 14.3. The number of carbonyl (C=O) groups is 1. The molecule has 0 saturated heterocycles. The van der Waals surface area contributed by atoms with E-state index in [1.807, 2.05) is 30.3 Å². The minimum absolute atomic E-state index is 0.235. The zero-order valence-electron chi connectivity index (χ0n) is 20.2. The topological polar surface area (TPSA) is 78.8 Å². The molecule has 1 saturated carbocycles. The van der Waals surface area contributed by atoms with Gasteiger partial charge in [0.05, 0.1) is 18.5 Å². The number of carbonyl (C=O) groups excluding carboxylic acids is 1. The highest BCUT2D eigenvalue weighted by Crippen LogP contribution is 2.21. The van der Waals surface area contributed by atoms with Crippen LogP contribution in [0.25, 0.3) is 0 Å². The maximum atomic E-state index is 12.7. The van der Waals surface area contributed by atoms with E-state index in [2.05, 4.69) is 10.5 Å². The molecule has 1 amide bonds. The molecule has 0 bridgehead atoms. The number of rotatable bonds is 6. The van der Waals surface area contributed by atoms with Crippen LogP contribution in [0.1, 0.15) is 86.6 Å². The summed E-state index contributed by atoms with van der Waals surface area (Å²) >= 11 is 0. The van der Waals surface area contributed by atoms with Crippen molar-refractivity contribution < 1.29 is 13.2 Å². The first-order valence-electron chi connectivity index (χ1n) is 12.4. The van der Waals surface area contributed by atoms with E-state index in [1.54, 1.807) is 24.3 Å². The van der Waals surface area contributed by atoms with Gasteiger partial charge in [0.15, 0.2) is 0 Å². The molecule has 0 unspecified atom stereocenters. The quantitative estimate of drug-likeness (QED) is 0.509. The van der Waals surface area contributed by atoms with Gasteiger partial charge in [-0.05, 0) is 55.5 Å². The Bertz CT molecular complexity index is 1020. The summed E-state index contributed by atoms with van der Waals surface area (Å²) < 4.78 is 26.1. The largest absolute Gasteiger partial charge is 0.271 e. The van der Waals surface area contributed by atoms with E-state index in [1.165, 1.54) is 55.5 Å². The summed E-state index contributed by atoms with van der Waals surface area (Å²) in [6, 6.07) is 16.1. The molecule has 1 aliphatic carbocycles. The first kappa shape index (κ1) is 25.9. The number of hydrogen-bond acceptors (Lipinski definition) is 4. The lowest BCUT2D eigenvalue weighted by molar-refractivity contribution is 0.0954. The molecule has 2 aromatic rings. The lowest BCUT2D eigenvalue weighted by Gasteiger charge is -2.22. The summed E-state index contributed by atoms with van der Waals surface area (Å²) in [5.41, 5.74) is 5.65. The Kier molecular flexibility index (Phi) is 10.1. The average molecular weight is 484 g/mol. The molecule has 1 N–H and O–H groups in total. The minimum atomic E-state index is -3.48. The van der Waals surface area contributed by atoms with Crippen LogP contribution in [0.5, 0.6) is 0 Å². The van der Waals surface area contributed by atoms with Gasteiger partial charge in [-0.1, -0.05) is 75.3 Å². The fourth-order valence-electron chi connectivity index (χ4n) is 4.26. The van der Waals surface area contributed by atoms with Crippen LogP contribution in [0.2, 0.25) is 0 Å². The molecular weight excluding hydrogens is 446 g/mol. The Morgan fingerprint density at radius 1 is 0.824 bits per heavy atom. The van der Waals surface area contributed by atoms with E-state index in [0.717, 1.165) is 37.0 Å². The summed E-state index contributed by atoms with van der Waals surface area (Å²) in [5.74, 6) is -0.279. The molecule has 0 aromatic heterocycles. The van der Waals surface area contributed by atoms with E-state index in [0.29, 0.717) is 11.3 Å². The van der Waals surface area contributed by atoms with Crippen LogP contribution < -0.4 is 9.73 Å². The minimum Gasteiger partial charge on any atom is -0.267 e. The van der Waals surface area contributed by atoms with E-state index >= 15 is 0 Å². The van der Waals surface area contributed by atoms with Crippen molar-refractivity contribution >= 4 is 27.3 Å². The van der Waals surface area contributed by atoms with E-state index in [4.69, 9.17) is 0 Å². The number of benzene rings is 2. The highest BCUT2D eigenvalue weighted by molar-refractivity contribution is 7.92. The van der Waals surface area contributed by atoms with Crippen LogP contribution in [0.4, 0.5) is 5.69 Å². The van der Waals surface area contributed by atoms with Crippen LogP contribution >= 0.6 is 0 Å². The lowest BCUT2D eigenvalue weighted by Crippen LogP contribution is -2.29. The summed E-state index contributed by atoms with van der Waals surface area (Å²) in [4.78, 5) is 12.7. The standard InChI is InChI=1S/C27H37N3O3S/c1-34(32,33)30(22-23-14-10-9-11-15-23)26-20-18-24(19-21-26)27(31)29-28-25-16-12-7-5-3-2-4-6-8-13-17-25/h9-11,14-15,18-21H,2-8,12-13,16-17,22H2,1H3,(H,29,31). The van der Waals surface area contributed by atoms with Crippen molar-refractivity contribution in [1.29, 1.82) is 0 Å². The van der Waals surface area contributed by atoms with Gasteiger partial charge in [0, 0.05) is 11.3 Å². The summed E-state index contributed by atoms with van der Waals surface area (Å²) in [6.07, 6.45) is 14.3. The number of hydrogen-bond donors (Lipinski definition) is 1. The number of nitrogens with one attached hydrogen (secondary N) is 1. The molecule has 34 heavy (non-hydrogen) atoms. The zero-order valence-corrected chi connectivity index (χ0v) is 21.0. The average Bonchev–Trinajstić information content (AvgIpc) is 2.82. The Morgan fingerprint density at radius 3 is 1.88 bits per heavy atom. The van der Waals surface area contributed by atoms with Gasteiger partial charge in [-0.3, -0.25) is 9.10 Å². The van der Waals surface area contributed by atoms with Crippen LogP contribution in [0.3, 0.4) is 0 Å². The third-order valence-electron chi connectivity index (χ3n) is 6.23. The van der Waals surface area contributed by atoms with Gasteiger partial charge in [-0.15, -0.1) is 0 Å². The van der Waals surface area contributed by atoms with Gasteiger partial charge in [-0.2, -0.15) is 5.10 Å². The molecule has 0 atom stereocenters. The maximum Gasteiger partial charge on any atom is 0.271 e. The van der Waals surface area contributed by atoms with Crippen LogP contribution in [-0.4, -0.2) is 26.3 Å². The smallest absolute Gasteiger partial charge is 0.267 e. The van der Waals surface area contributed by atoms with Crippen LogP contribution in [-0.2, 0) is 16.6 Å². The molecular formula is C27H37N3O3S. The van der Waals surface area contributed by atoms with Crippen LogP contribution in [0.15, 0.2) is 59.7 Å². The first-order chi connectivity index (χ1) is 16.4. The second kappa shape index (κ2) is 13.3. The predicted molar refractivity (Wildman–Crippen MR) is 140 cm³/mol. The van der Waals surface area contributed by atoms with Crippen molar-refractivity contribution in [3.63, 3.8) is 0 Å². The highest BCUT2D eigenvalue weighted by Gasteiger charge is 2.18. The second-order valence-electron chi connectivity index (χ2n) is 9.10. The van der Waals surface area contributed by atoms with Gasteiger partial charge < -0.3 is 0 Å². The fourth-order valence-corrected chi connectivity index (χ4v) is 5.14. The summed E-state index contributed by atoms with van der Waals surface area (Å²) in [6.45, 7) is 0.235. The molecule has 2 aromatic carbocycles. The Balaban J connectivity index is 1.64. The highest BCUT2D eigenvalue weighted by atomic mass is 32.2. The molecule has 0 spiro atoms. The molecule has 3 rings (SSSR count).